The smallest absolute Gasteiger partial charge is 0.463 e. The monoisotopic (exact) mass is 497 g/mol. The molecule has 34 heavy (non-hydrogen) atoms. The average molecular weight is 497 g/mol. The number of nitrogens with zero attached hydrogens (tertiary/aromatic N) is 3. The second-order valence-electron chi connectivity index (χ2n) is 8.72. The number of aliphatic hydroxyl groups excluding tert-OH is 1. The molecular formula is C20H28N5O8P. The SMILES string of the molecule is C=C1[C@H](COP2(=O)OCC(CC(=O)OC(C)C)CO2)[C@@H](O)C[C@@H]1n1cnc2c(=O)[nH]c(N)nc21. The minimum atomic E-state index is -3.86. The number of esters is 1. The maximum Gasteiger partial charge on any atom is 0.474 e. The normalized spacial score (nSPS) is 29.7. The molecule has 1 saturated heterocycles. The first-order chi connectivity index (χ1) is 16.1. The number of phosphoric ester groups is 1. The van der Waals surface area contributed by atoms with E-state index >= 15 is 0 Å². The molecule has 13 nitrogen and oxygen atoms in total. The van der Waals surface area contributed by atoms with E-state index < -0.39 is 31.4 Å². The van der Waals surface area contributed by atoms with Crippen LogP contribution in [-0.2, 0) is 27.7 Å². The van der Waals surface area contributed by atoms with Crippen molar-refractivity contribution in [1.82, 2.24) is 19.5 Å². The molecule has 3 heterocycles. The van der Waals surface area contributed by atoms with Crippen LogP contribution in [0.3, 0.4) is 0 Å². The highest BCUT2D eigenvalue weighted by molar-refractivity contribution is 7.48. The number of hydrogen-bond donors (Lipinski definition) is 3. The van der Waals surface area contributed by atoms with Crippen molar-refractivity contribution in [3.05, 3.63) is 28.8 Å². The van der Waals surface area contributed by atoms with Gasteiger partial charge in [0.15, 0.2) is 11.2 Å². The molecule has 4 rings (SSSR count). The molecule has 2 aromatic rings. The van der Waals surface area contributed by atoms with Crippen LogP contribution in [0.1, 0.15) is 32.7 Å². The molecule has 0 aromatic carbocycles. The number of anilines is 1. The number of imidazole rings is 1. The van der Waals surface area contributed by atoms with Crippen molar-refractivity contribution in [2.45, 2.75) is 44.9 Å². The van der Waals surface area contributed by atoms with E-state index in [1.54, 1.807) is 18.4 Å². The Labute approximate surface area is 194 Å². The van der Waals surface area contributed by atoms with Gasteiger partial charge in [-0.05, 0) is 25.8 Å². The number of nitrogen functional groups attached to an aromatic ring is 1. The second kappa shape index (κ2) is 9.59. The fourth-order valence-electron chi connectivity index (χ4n) is 4.11. The highest BCUT2D eigenvalue weighted by atomic mass is 31.2. The van der Waals surface area contributed by atoms with Crippen LogP contribution in [0, 0.1) is 11.8 Å². The number of aliphatic hydroxyl groups is 1. The van der Waals surface area contributed by atoms with Gasteiger partial charge in [0, 0.05) is 11.8 Å². The highest BCUT2D eigenvalue weighted by Crippen LogP contribution is 2.54. The summed E-state index contributed by atoms with van der Waals surface area (Å²) < 4.78 is 35.6. The largest absolute Gasteiger partial charge is 0.474 e. The van der Waals surface area contributed by atoms with Gasteiger partial charge in [-0.25, -0.2) is 9.55 Å². The third-order valence-electron chi connectivity index (χ3n) is 5.79. The van der Waals surface area contributed by atoms with Gasteiger partial charge >= 0.3 is 13.8 Å². The lowest BCUT2D eigenvalue weighted by Crippen LogP contribution is -2.27. The van der Waals surface area contributed by atoms with Crippen LogP contribution < -0.4 is 11.3 Å². The molecule has 2 aliphatic rings. The van der Waals surface area contributed by atoms with E-state index in [4.69, 9.17) is 24.0 Å². The minimum Gasteiger partial charge on any atom is -0.463 e. The van der Waals surface area contributed by atoms with E-state index in [0.29, 0.717) is 5.57 Å². The standard InChI is InChI=1S/C20H28N5O8P/c1-10(2)33-16(27)4-12-6-30-34(29,31-7-12)32-8-13-11(3)14(5-15(13)26)25-9-22-17-18(25)23-20(21)24-19(17)28/h9-10,12-15,26H,3-8H2,1-2H3,(H3,21,23,24,28)/t12?,13-,14-,15-,34?/m0/s1. The van der Waals surface area contributed by atoms with Gasteiger partial charge in [-0.1, -0.05) is 6.58 Å². The van der Waals surface area contributed by atoms with E-state index in [1.807, 2.05) is 0 Å². The minimum absolute atomic E-state index is 0.0178. The van der Waals surface area contributed by atoms with Gasteiger partial charge in [-0.2, -0.15) is 4.98 Å². The molecular weight excluding hydrogens is 469 g/mol. The van der Waals surface area contributed by atoms with Crippen LogP contribution in [0.5, 0.6) is 0 Å². The van der Waals surface area contributed by atoms with Crippen LogP contribution in [0.15, 0.2) is 23.3 Å². The molecule has 2 fully saturated rings. The van der Waals surface area contributed by atoms with Gasteiger partial charge < -0.3 is 20.1 Å². The number of nitrogens with one attached hydrogen (secondary N) is 1. The third-order valence-corrected chi connectivity index (χ3v) is 7.19. The molecule has 4 N–H and O–H groups in total. The third kappa shape index (κ3) is 5.08. The zero-order valence-corrected chi connectivity index (χ0v) is 19.8. The number of ether oxygens (including phenoxy) is 1. The van der Waals surface area contributed by atoms with Crippen molar-refractivity contribution in [3.8, 4) is 0 Å². The van der Waals surface area contributed by atoms with E-state index in [1.165, 1.54) is 6.33 Å². The van der Waals surface area contributed by atoms with Gasteiger partial charge in [0.1, 0.15) is 0 Å². The number of hydrogen-bond acceptors (Lipinski definition) is 11. The molecule has 2 aromatic heterocycles. The molecule has 186 valence electrons. The molecule has 0 spiro atoms. The summed E-state index contributed by atoms with van der Waals surface area (Å²) in [5.74, 6) is -1.31. The lowest BCUT2D eigenvalue weighted by molar-refractivity contribution is -0.149. The number of fused-ring (bicyclic) bond motifs is 1. The Kier molecular flexibility index (Phi) is 6.92. The molecule has 14 heteroatoms. The second-order valence-corrected chi connectivity index (χ2v) is 10.4. The number of nitrogens with two attached hydrogens (primary N) is 1. The molecule has 1 aliphatic carbocycles. The van der Waals surface area contributed by atoms with Gasteiger partial charge in [-0.15, -0.1) is 0 Å². The van der Waals surface area contributed by atoms with Gasteiger partial charge in [0.25, 0.3) is 5.56 Å². The quantitative estimate of drug-likeness (QED) is 0.285. The zero-order chi connectivity index (χ0) is 24.6. The topological polar surface area (TPSA) is 181 Å². The number of aromatic amines is 1. The predicted octanol–water partition coefficient (Wildman–Crippen LogP) is 1.31. The Morgan fingerprint density at radius 1 is 1.44 bits per heavy atom. The number of phosphoric acid groups is 1. The van der Waals surface area contributed by atoms with Crippen LogP contribution in [0.4, 0.5) is 5.95 Å². The number of carbonyl (C=O) groups is 1. The Bertz CT molecular complexity index is 1180. The molecule has 0 unspecified atom stereocenters. The fourth-order valence-corrected chi connectivity index (χ4v) is 5.46. The zero-order valence-electron chi connectivity index (χ0n) is 18.9. The van der Waals surface area contributed by atoms with Gasteiger partial charge in [0.05, 0.1) is 50.8 Å². The van der Waals surface area contributed by atoms with Crippen molar-refractivity contribution in [2.24, 2.45) is 11.8 Å². The van der Waals surface area contributed by atoms with Crippen molar-refractivity contribution in [2.75, 3.05) is 25.6 Å². The van der Waals surface area contributed by atoms with E-state index in [-0.39, 0.29) is 67.8 Å². The summed E-state index contributed by atoms with van der Waals surface area (Å²) in [6.45, 7) is 7.46. The molecule has 1 aliphatic heterocycles. The highest BCUT2D eigenvalue weighted by Gasteiger charge is 2.42. The van der Waals surface area contributed by atoms with Crippen molar-refractivity contribution in [3.63, 3.8) is 0 Å². The summed E-state index contributed by atoms with van der Waals surface area (Å²) in [6.07, 6.45) is 0.704. The fraction of sp³-hybridized carbons (Fsp3) is 0.600. The Hall–Kier alpha value is -2.57. The van der Waals surface area contributed by atoms with Crippen LogP contribution in [0.25, 0.3) is 11.2 Å². The maximum absolute atomic E-state index is 12.8. The van der Waals surface area contributed by atoms with E-state index in [9.17, 15) is 19.3 Å². The molecule has 0 bridgehead atoms. The Morgan fingerprint density at radius 2 is 2.15 bits per heavy atom. The summed E-state index contributed by atoms with van der Waals surface area (Å²) >= 11 is 0. The van der Waals surface area contributed by atoms with Crippen molar-refractivity contribution in [1.29, 1.82) is 0 Å². The lowest BCUT2D eigenvalue weighted by atomic mass is 10.0. The summed E-state index contributed by atoms with van der Waals surface area (Å²) in [5, 5.41) is 10.6. The number of rotatable bonds is 7. The Morgan fingerprint density at radius 3 is 2.82 bits per heavy atom. The number of carbonyl (C=O) groups excluding carboxylic acids is 1. The average Bonchev–Trinajstić information content (AvgIpc) is 3.28. The van der Waals surface area contributed by atoms with Crippen molar-refractivity contribution < 1.29 is 32.8 Å². The number of aromatic nitrogens is 4. The Balaban J connectivity index is 1.37. The number of H-pyrrole nitrogens is 1. The molecule has 3 atom stereocenters. The molecule has 0 amide bonds. The molecule has 0 radical (unpaired) electrons. The summed E-state index contributed by atoms with van der Waals surface area (Å²) in [7, 11) is -3.86. The maximum atomic E-state index is 12.8. The van der Waals surface area contributed by atoms with Gasteiger partial charge in [-0.3, -0.25) is 28.1 Å². The summed E-state index contributed by atoms with van der Waals surface area (Å²) in [4.78, 5) is 34.5. The lowest BCUT2D eigenvalue weighted by Gasteiger charge is -2.29. The first-order valence-electron chi connectivity index (χ1n) is 10.9. The predicted molar refractivity (Wildman–Crippen MR) is 120 cm³/mol. The van der Waals surface area contributed by atoms with Crippen molar-refractivity contribution >= 4 is 30.9 Å². The summed E-state index contributed by atoms with van der Waals surface area (Å²) in [5.41, 5.74) is 6.18. The van der Waals surface area contributed by atoms with Crippen LogP contribution in [0.2, 0.25) is 0 Å². The van der Waals surface area contributed by atoms with E-state index in [2.05, 4.69) is 21.5 Å². The summed E-state index contributed by atoms with van der Waals surface area (Å²) in [6, 6.07) is -0.423. The first-order valence-corrected chi connectivity index (χ1v) is 12.3. The molecule has 1 saturated carbocycles. The van der Waals surface area contributed by atoms with Crippen LogP contribution >= 0.6 is 7.82 Å². The van der Waals surface area contributed by atoms with E-state index in [0.717, 1.165) is 0 Å². The first kappa shape index (κ1) is 24.6. The van der Waals surface area contributed by atoms with Gasteiger partial charge in [0.2, 0.25) is 5.95 Å². The van der Waals surface area contributed by atoms with Crippen LogP contribution in [-0.4, -0.2) is 62.6 Å².